The van der Waals surface area contributed by atoms with E-state index in [0.717, 1.165) is 19.3 Å². The Labute approximate surface area is 118 Å². The summed E-state index contributed by atoms with van der Waals surface area (Å²) in [6, 6.07) is 1.89. The third kappa shape index (κ3) is 3.31. The fourth-order valence-corrected chi connectivity index (χ4v) is 2.55. The molecule has 4 nitrogen and oxygen atoms in total. The number of carbonyl (C=O) groups is 1. The van der Waals surface area contributed by atoms with Crippen LogP contribution in [-0.2, 0) is 0 Å². The maximum atomic E-state index is 12.2. The zero-order valence-corrected chi connectivity index (χ0v) is 12.2. The molecular formula is C14H21ClN2O2. The minimum atomic E-state index is -0.0928. The third-order valence-corrected chi connectivity index (χ3v) is 4.03. The first kappa shape index (κ1) is 14.4. The Morgan fingerprint density at radius 2 is 2.26 bits per heavy atom. The Morgan fingerprint density at radius 1 is 1.58 bits per heavy atom. The van der Waals surface area contributed by atoms with Crippen molar-refractivity contribution >= 4 is 17.5 Å². The Morgan fingerprint density at radius 3 is 2.79 bits per heavy atom. The number of nitrogens with one attached hydrogen (secondary N) is 1. The molecule has 0 atom stereocenters. The van der Waals surface area contributed by atoms with E-state index in [4.69, 9.17) is 16.7 Å². The summed E-state index contributed by atoms with van der Waals surface area (Å²) >= 11 is 5.97. The molecule has 0 aromatic carbocycles. The van der Waals surface area contributed by atoms with Gasteiger partial charge in [-0.2, -0.15) is 0 Å². The van der Waals surface area contributed by atoms with Crippen LogP contribution in [0, 0.1) is 5.41 Å². The zero-order valence-electron chi connectivity index (χ0n) is 11.4. The van der Waals surface area contributed by atoms with Crippen LogP contribution in [0.2, 0.25) is 5.02 Å². The van der Waals surface area contributed by atoms with Crippen LogP contribution in [0.15, 0.2) is 12.3 Å². The molecule has 5 heteroatoms. The second-order valence-electron chi connectivity index (χ2n) is 5.70. The predicted octanol–water partition coefficient (Wildman–Crippen LogP) is 2.61. The Kier molecular flexibility index (Phi) is 4.21. The number of hydrogen-bond donors (Lipinski definition) is 2. The standard InChI is InChI=1S/C14H21ClN2O2/c1-10(2)17-8-11(15)7-12(17)13(19)16-9-14(3-4-14)5-6-18/h7-8,10,18H,3-6,9H2,1-2H3,(H,16,19). The quantitative estimate of drug-likeness (QED) is 0.844. The van der Waals surface area contributed by atoms with Gasteiger partial charge < -0.3 is 15.0 Å². The molecule has 0 aliphatic heterocycles. The minimum Gasteiger partial charge on any atom is -0.396 e. The Bertz CT molecular complexity index is 464. The van der Waals surface area contributed by atoms with E-state index in [1.807, 2.05) is 18.4 Å². The number of aliphatic hydroxyl groups is 1. The maximum absolute atomic E-state index is 12.2. The van der Waals surface area contributed by atoms with Crippen molar-refractivity contribution in [1.29, 1.82) is 0 Å². The lowest BCUT2D eigenvalue weighted by molar-refractivity contribution is 0.0930. The molecule has 106 valence electrons. The van der Waals surface area contributed by atoms with Gasteiger partial charge in [-0.3, -0.25) is 4.79 Å². The highest BCUT2D eigenvalue weighted by Gasteiger charge is 2.42. The van der Waals surface area contributed by atoms with Crippen LogP contribution in [0.25, 0.3) is 0 Å². The fraction of sp³-hybridized carbons (Fsp3) is 0.643. The second-order valence-corrected chi connectivity index (χ2v) is 6.14. The van der Waals surface area contributed by atoms with Gasteiger partial charge in [0.25, 0.3) is 5.91 Å². The summed E-state index contributed by atoms with van der Waals surface area (Å²) in [5.74, 6) is -0.0928. The Hall–Kier alpha value is -1.00. The van der Waals surface area contributed by atoms with Crippen molar-refractivity contribution in [3.63, 3.8) is 0 Å². The van der Waals surface area contributed by atoms with Gasteiger partial charge in [-0.15, -0.1) is 0 Å². The zero-order chi connectivity index (χ0) is 14.0. The van der Waals surface area contributed by atoms with Crippen molar-refractivity contribution in [3.05, 3.63) is 23.0 Å². The molecular weight excluding hydrogens is 264 g/mol. The molecule has 1 fully saturated rings. The highest BCUT2D eigenvalue weighted by molar-refractivity contribution is 6.31. The minimum absolute atomic E-state index is 0.0928. The summed E-state index contributed by atoms with van der Waals surface area (Å²) in [7, 11) is 0. The average molecular weight is 285 g/mol. The molecule has 1 heterocycles. The summed E-state index contributed by atoms with van der Waals surface area (Å²) in [5.41, 5.74) is 0.725. The normalized spacial score (nSPS) is 16.7. The summed E-state index contributed by atoms with van der Waals surface area (Å²) < 4.78 is 1.88. The van der Waals surface area contributed by atoms with Crippen LogP contribution in [0.5, 0.6) is 0 Å². The Balaban J connectivity index is 2.00. The SMILES string of the molecule is CC(C)n1cc(Cl)cc1C(=O)NCC1(CCO)CC1. The average Bonchev–Trinajstić information content (AvgIpc) is 3.00. The van der Waals surface area contributed by atoms with Gasteiger partial charge in [0.05, 0.1) is 5.02 Å². The molecule has 0 saturated heterocycles. The third-order valence-electron chi connectivity index (χ3n) is 3.83. The van der Waals surface area contributed by atoms with Gasteiger partial charge in [0.2, 0.25) is 0 Å². The molecule has 0 radical (unpaired) electrons. The number of hydrogen-bond acceptors (Lipinski definition) is 2. The first-order valence-corrected chi connectivity index (χ1v) is 7.12. The lowest BCUT2D eigenvalue weighted by atomic mass is 10.0. The van der Waals surface area contributed by atoms with E-state index in [-0.39, 0.29) is 24.0 Å². The number of halogens is 1. The van der Waals surface area contributed by atoms with Gasteiger partial charge in [0.1, 0.15) is 5.69 Å². The molecule has 1 amide bonds. The summed E-state index contributed by atoms with van der Waals surface area (Å²) in [4.78, 5) is 12.2. The van der Waals surface area contributed by atoms with E-state index in [1.165, 1.54) is 0 Å². The number of aromatic nitrogens is 1. The van der Waals surface area contributed by atoms with Gasteiger partial charge in [-0.1, -0.05) is 11.6 Å². The molecule has 0 unspecified atom stereocenters. The first-order valence-electron chi connectivity index (χ1n) is 6.74. The van der Waals surface area contributed by atoms with E-state index in [2.05, 4.69) is 5.32 Å². The number of rotatable bonds is 6. The van der Waals surface area contributed by atoms with E-state index < -0.39 is 0 Å². The lowest BCUT2D eigenvalue weighted by Crippen LogP contribution is -2.32. The van der Waals surface area contributed by atoms with Gasteiger partial charge in [-0.05, 0) is 44.6 Å². The van der Waals surface area contributed by atoms with Gasteiger partial charge >= 0.3 is 0 Å². The largest absolute Gasteiger partial charge is 0.396 e. The van der Waals surface area contributed by atoms with Crippen molar-refractivity contribution < 1.29 is 9.90 Å². The number of carbonyl (C=O) groups excluding carboxylic acids is 1. The number of nitrogens with zero attached hydrogens (tertiary/aromatic N) is 1. The summed E-state index contributed by atoms with van der Waals surface area (Å²) in [6.07, 6.45) is 4.71. The van der Waals surface area contributed by atoms with Gasteiger partial charge in [0.15, 0.2) is 0 Å². The van der Waals surface area contributed by atoms with Gasteiger partial charge in [-0.25, -0.2) is 0 Å². The molecule has 2 rings (SSSR count). The maximum Gasteiger partial charge on any atom is 0.267 e. The van der Waals surface area contributed by atoms with Gasteiger partial charge in [0, 0.05) is 25.4 Å². The fourth-order valence-electron chi connectivity index (χ4n) is 2.34. The molecule has 2 N–H and O–H groups in total. The van der Waals surface area contributed by atoms with E-state index in [9.17, 15) is 4.79 Å². The van der Waals surface area contributed by atoms with Crippen LogP contribution < -0.4 is 5.32 Å². The van der Waals surface area contributed by atoms with Crippen molar-refractivity contribution in [2.45, 2.75) is 39.2 Å². The monoisotopic (exact) mass is 284 g/mol. The highest BCUT2D eigenvalue weighted by Crippen LogP contribution is 2.47. The molecule has 1 aliphatic rings. The van der Waals surface area contributed by atoms with Crippen LogP contribution in [0.3, 0.4) is 0 Å². The van der Waals surface area contributed by atoms with E-state index >= 15 is 0 Å². The lowest BCUT2D eigenvalue weighted by Gasteiger charge is -2.16. The van der Waals surface area contributed by atoms with Crippen molar-refractivity contribution in [2.24, 2.45) is 5.41 Å². The van der Waals surface area contributed by atoms with Crippen molar-refractivity contribution in [1.82, 2.24) is 9.88 Å². The molecule has 1 saturated carbocycles. The molecule has 1 aromatic heterocycles. The predicted molar refractivity (Wildman–Crippen MR) is 75.5 cm³/mol. The summed E-state index contributed by atoms with van der Waals surface area (Å²) in [6.45, 7) is 4.85. The van der Waals surface area contributed by atoms with Crippen molar-refractivity contribution in [3.8, 4) is 0 Å². The molecule has 19 heavy (non-hydrogen) atoms. The smallest absolute Gasteiger partial charge is 0.267 e. The highest BCUT2D eigenvalue weighted by atomic mass is 35.5. The van der Waals surface area contributed by atoms with E-state index in [0.29, 0.717) is 17.3 Å². The van der Waals surface area contributed by atoms with Crippen LogP contribution in [0.1, 0.15) is 49.6 Å². The molecule has 1 aliphatic carbocycles. The molecule has 0 bridgehead atoms. The second kappa shape index (κ2) is 5.55. The number of aliphatic hydroxyl groups excluding tert-OH is 1. The van der Waals surface area contributed by atoms with Crippen molar-refractivity contribution in [2.75, 3.05) is 13.2 Å². The first-order chi connectivity index (χ1) is 8.97. The van der Waals surface area contributed by atoms with E-state index in [1.54, 1.807) is 12.3 Å². The molecule has 1 aromatic rings. The summed E-state index contributed by atoms with van der Waals surface area (Å²) in [5, 5.41) is 12.6. The molecule has 0 spiro atoms. The topological polar surface area (TPSA) is 54.3 Å². The van der Waals surface area contributed by atoms with Crippen LogP contribution in [-0.4, -0.2) is 28.7 Å². The number of amides is 1. The van der Waals surface area contributed by atoms with Crippen LogP contribution in [0.4, 0.5) is 0 Å². The van der Waals surface area contributed by atoms with Crippen LogP contribution >= 0.6 is 11.6 Å².